The predicted octanol–water partition coefficient (Wildman–Crippen LogP) is 5.78. The van der Waals surface area contributed by atoms with Gasteiger partial charge in [-0.15, -0.1) is 0 Å². The van der Waals surface area contributed by atoms with Crippen LogP contribution < -0.4 is 9.64 Å². The molecule has 0 radical (unpaired) electrons. The van der Waals surface area contributed by atoms with E-state index in [1.165, 1.54) is 26.0 Å². The van der Waals surface area contributed by atoms with Crippen LogP contribution in [0.1, 0.15) is 50.3 Å². The fourth-order valence-electron chi connectivity index (χ4n) is 3.40. The molecular weight excluding hydrogens is 475 g/mol. The second-order valence-corrected chi connectivity index (χ2v) is 9.51. The molecule has 0 amide bonds. The van der Waals surface area contributed by atoms with Gasteiger partial charge in [-0.2, -0.15) is 18.2 Å². The minimum atomic E-state index is -4.40. The van der Waals surface area contributed by atoms with Gasteiger partial charge in [0.05, 0.1) is 5.56 Å². The van der Waals surface area contributed by atoms with Gasteiger partial charge >= 0.3 is 12.1 Å². The molecule has 7 nitrogen and oxygen atoms in total. The topological polar surface area (TPSA) is 88.7 Å². The molecule has 0 aliphatic rings. The maximum absolute atomic E-state index is 12.9. The highest BCUT2D eigenvalue weighted by molar-refractivity contribution is 5.76. The van der Waals surface area contributed by atoms with Crippen molar-refractivity contribution in [3.05, 3.63) is 71.1 Å². The number of alkyl halides is 3. The minimum Gasteiger partial charge on any atom is -0.478 e. The fourth-order valence-corrected chi connectivity index (χ4v) is 3.40. The van der Waals surface area contributed by atoms with Crippen molar-refractivity contribution in [2.24, 2.45) is 5.92 Å². The lowest BCUT2D eigenvalue weighted by atomic mass is 10.1. The van der Waals surface area contributed by atoms with Crippen LogP contribution in [0, 0.1) is 5.92 Å². The molecule has 36 heavy (non-hydrogen) atoms. The number of halogens is 3. The number of anilines is 1. The van der Waals surface area contributed by atoms with E-state index in [4.69, 9.17) is 9.26 Å². The van der Waals surface area contributed by atoms with Crippen LogP contribution in [0.3, 0.4) is 0 Å². The van der Waals surface area contributed by atoms with Crippen LogP contribution in [-0.2, 0) is 30.4 Å². The molecule has 0 aliphatic heterocycles. The van der Waals surface area contributed by atoms with E-state index in [-0.39, 0.29) is 0 Å². The number of carbonyl (C=O) groups is 1. The van der Waals surface area contributed by atoms with Gasteiger partial charge in [0, 0.05) is 19.5 Å². The molecule has 2 aromatic carbocycles. The van der Waals surface area contributed by atoms with Gasteiger partial charge in [-0.05, 0) is 66.7 Å². The highest BCUT2D eigenvalue weighted by atomic mass is 19.4. The Hall–Kier alpha value is -3.56. The van der Waals surface area contributed by atoms with Crippen molar-refractivity contribution in [2.45, 2.75) is 58.9 Å². The van der Waals surface area contributed by atoms with Crippen LogP contribution in [-0.4, -0.2) is 33.4 Å². The molecule has 1 heterocycles. The predicted molar refractivity (Wildman–Crippen MR) is 128 cm³/mol. The number of carboxylic acid groups (broad SMARTS) is 1. The van der Waals surface area contributed by atoms with Crippen molar-refractivity contribution in [2.75, 3.05) is 11.4 Å². The van der Waals surface area contributed by atoms with Crippen molar-refractivity contribution in [1.29, 1.82) is 0 Å². The molecule has 10 heteroatoms. The monoisotopic (exact) mass is 505 g/mol. The highest BCUT2D eigenvalue weighted by Gasteiger charge is 2.30. The fraction of sp³-hybridized carbons (Fsp3) is 0.423. The summed E-state index contributed by atoms with van der Waals surface area (Å²) in [7, 11) is 0. The van der Waals surface area contributed by atoms with Crippen LogP contribution in [0.15, 0.2) is 53.1 Å². The zero-order chi connectivity index (χ0) is 26.5. The molecule has 1 N–H and O–H groups in total. The number of rotatable bonds is 11. The van der Waals surface area contributed by atoms with Crippen LogP contribution >= 0.6 is 0 Å². The molecule has 3 rings (SSSR count). The van der Waals surface area contributed by atoms with Gasteiger partial charge in [0.25, 0.3) is 5.95 Å². The molecular formula is C26H30F3N3O4. The van der Waals surface area contributed by atoms with Gasteiger partial charge in [0.15, 0.2) is 5.60 Å². The summed E-state index contributed by atoms with van der Waals surface area (Å²) in [5.41, 5.74) is -0.423. The lowest BCUT2D eigenvalue weighted by Gasteiger charge is -2.22. The first-order chi connectivity index (χ1) is 16.8. The van der Waals surface area contributed by atoms with E-state index in [0.717, 1.165) is 17.7 Å². The van der Waals surface area contributed by atoms with Crippen LogP contribution in [0.5, 0.6) is 5.75 Å². The number of benzene rings is 2. The first kappa shape index (κ1) is 27.0. The number of ether oxygens (including phenoxy) is 1. The van der Waals surface area contributed by atoms with E-state index >= 15 is 0 Å². The van der Waals surface area contributed by atoms with E-state index in [2.05, 4.69) is 10.1 Å². The summed E-state index contributed by atoms with van der Waals surface area (Å²) >= 11 is 0. The Bertz CT molecular complexity index is 1140. The third-order valence-electron chi connectivity index (χ3n) is 5.46. The molecule has 0 bridgehead atoms. The van der Waals surface area contributed by atoms with Crippen molar-refractivity contribution in [3.63, 3.8) is 0 Å². The quantitative estimate of drug-likeness (QED) is 0.353. The van der Waals surface area contributed by atoms with Crippen LogP contribution in [0.2, 0.25) is 0 Å². The summed E-state index contributed by atoms with van der Waals surface area (Å²) in [6, 6.07) is 12.1. The van der Waals surface area contributed by atoms with Gasteiger partial charge in [-0.25, -0.2) is 4.79 Å². The molecule has 3 aromatic rings. The second-order valence-electron chi connectivity index (χ2n) is 9.51. The van der Waals surface area contributed by atoms with E-state index in [0.29, 0.717) is 55.0 Å². The average molecular weight is 506 g/mol. The number of aliphatic carboxylic acids is 1. The Morgan fingerprint density at radius 2 is 1.67 bits per heavy atom. The van der Waals surface area contributed by atoms with E-state index in [1.54, 1.807) is 12.1 Å². The molecule has 0 aliphatic carbocycles. The van der Waals surface area contributed by atoms with Crippen molar-refractivity contribution in [3.8, 4) is 5.75 Å². The molecule has 0 fully saturated rings. The zero-order valence-corrected chi connectivity index (χ0v) is 20.7. The Morgan fingerprint density at radius 1 is 1.06 bits per heavy atom. The van der Waals surface area contributed by atoms with Gasteiger partial charge in [0.1, 0.15) is 5.75 Å². The van der Waals surface area contributed by atoms with Crippen molar-refractivity contribution in [1.82, 2.24) is 10.1 Å². The molecule has 0 saturated heterocycles. The van der Waals surface area contributed by atoms with Crippen molar-refractivity contribution >= 4 is 11.9 Å². The first-order valence-corrected chi connectivity index (χ1v) is 11.6. The number of hydrogen-bond donors (Lipinski definition) is 1. The molecule has 0 saturated carbocycles. The average Bonchev–Trinajstić information content (AvgIpc) is 3.24. The molecule has 194 valence electrons. The van der Waals surface area contributed by atoms with Gasteiger partial charge in [-0.1, -0.05) is 38.1 Å². The molecule has 0 atom stereocenters. The second kappa shape index (κ2) is 11.0. The summed E-state index contributed by atoms with van der Waals surface area (Å²) in [5, 5.41) is 13.3. The summed E-state index contributed by atoms with van der Waals surface area (Å²) in [6.07, 6.45) is -3.19. The van der Waals surface area contributed by atoms with E-state index < -0.39 is 23.3 Å². The third kappa shape index (κ3) is 7.47. The van der Waals surface area contributed by atoms with Gasteiger partial charge in [0.2, 0.25) is 5.89 Å². The van der Waals surface area contributed by atoms with E-state index in [1.807, 2.05) is 30.9 Å². The van der Waals surface area contributed by atoms with Gasteiger partial charge < -0.3 is 19.3 Å². The minimum absolute atomic E-state index is 0.298. The standard InChI is InChI=1S/C26H30F3N3O4/c1-17(2)15-22-30-24(31-36-22)32(16-19-5-9-20(10-6-19)26(27,28)29)14-13-18-7-11-21(12-8-18)35-25(3,4)23(33)34/h5-12,17H,13-16H2,1-4H3,(H,33,34). The summed E-state index contributed by atoms with van der Waals surface area (Å²) < 4.78 is 49.7. The van der Waals surface area contributed by atoms with Crippen LogP contribution in [0.4, 0.5) is 19.1 Å². The Balaban J connectivity index is 1.74. The number of carboxylic acids is 1. The Morgan fingerprint density at radius 3 is 2.22 bits per heavy atom. The lowest BCUT2D eigenvalue weighted by molar-refractivity contribution is -0.152. The number of hydrogen-bond acceptors (Lipinski definition) is 6. The maximum Gasteiger partial charge on any atom is 0.416 e. The van der Waals surface area contributed by atoms with Crippen LogP contribution in [0.25, 0.3) is 0 Å². The largest absolute Gasteiger partial charge is 0.478 e. The van der Waals surface area contributed by atoms with E-state index in [9.17, 15) is 23.1 Å². The number of nitrogens with zero attached hydrogens (tertiary/aromatic N) is 3. The summed E-state index contributed by atoms with van der Waals surface area (Å²) in [4.78, 5) is 17.6. The van der Waals surface area contributed by atoms with Crippen molar-refractivity contribution < 1.29 is 32.3 Å². The maximum atomic E-state index is 12.9. The highest BCUT2D eigenvalue weighted by Crippen LogP contribution is 2.29. The van der Waals surface area contributed by atoms with Gasteiger partial charge in [-0.3, -0.25) is 0 Å². The third-order valence-corrected chi connectivity index (χ3v) is 5.46. The summed E-state index contributed by atoms with van der Waals surface area (Å²) in [5.74, 6) is 0.564. The Labute approximate surface area is 207 Å². The molecule has 0 unspecified atom stereocenters. The normalized spacial score (nSPS) is 12.1. The Kier molecular flexibility index (Phi) is 8.27. The molecule has 1 aromatic heterocycles. The smallest absolute Gasteiger partial charge is 0.416 e. The number of aromatic nitrogens is 2. The summed E-state index contributed by atoms with van der Waals surface area (Å²) in [6.45, 7) is 7.79. The first-order valence-electron chi connectivity index (χ1n) is 11.6. The zero-order valence-electron chi connectivity index (χ0n) is 20.7. The lowest BCUT2D eigenvalue weighted by Crippen LogP contribution is -2.37. The SMILES string of the molecule is CC(C)Cc1nc(N(CCc2ccc(OC(C)(C)C(=O)O)cc2)Cc2ccc(C(F)(F)F)cc2)no1. The molecule has 0 spiro atoms.